The molecule has 0 saturated carbocycles. The van der Waals surface area contributed by atoms with Crippen LogP contribution in [-0.2, 0) is 15.7 Å². The molecule has 0 spiro atoms. The standard InChI is InChI=1S/C18H15F3N2O4/c1-10(24)11-3-2-4-13(7-11)23-16(25)9-27-17(26)14-6-5-12(8-15(14)22)18(19,20)21/h2-8H,9,22H2,1H3,(H,23,25). The monoisotopic (exact) mass is 380 g/mol. The van der Waals surface area contributed by atoms with E-state index in [2.05, 4.69) is 5.32 Å². The lowest BCUT2D eigenvalue weighted by Gasteiger charge is -2.11. The molecule has 0 fully saturated rings. The number of esters is 1. The molecule has 142 valence electrons. The minimum Gasteiger partial charge on any atom is -0.452 e. The molecule has 9 heteroatoms. The van der Waals surface area contributed by atoms with Gasteiger partial charge in [-0.25, -0.2) is 4.79 Å². The van der Waals surface area contributed by atoms with Crippen molar-refractivity contribution in [3.8, 4) is 0 Å². The number of nitrogen functional groups attached to an aromatic ring is 1. The summed E-state index contributed by atoms with van der Waals surface area (Å²) in [7, 11) is 0. The molecule has 0 aromatic heterocycles. The molecule has 0 aliphatic rings. The molecule has 0 aliphatic carbocycles. The average Bonchev–Trinajstić information content (AvgIpc) is 2.59. The number of Topliss-reactive ketones (excluding diaryl/α,β-unsaturated/α-hetero) is 1. The number of nitrogens with one attached hydrogen (secondary N) is 1. The second-order valence-electron chi connectivity index (χ2n) is 5.56. The van der Waals surface area contributed by atoms with Crippen molar-refractivity contribution < 1.29 is 32.3 Å². The Labute approximate surface area is 152 Å². The van der Waals surface area contributed by atoms with Crippen molar-refractivity contribution in [2.45, 2.75) is 13.1 Å². The van der Waals surface area contributed by atoms with Gasteiger partial charge in [-0.1, -0.05) is 12.1 Å². The molecule has 0 atom stereocenters. The molecule has 2 rings (SSSR count). The first-order valence-corrected chi connectivity index (χ1v) is 7.62. The molecule has 0 unspecified atom stereocenters. The van der Waals surface area contributed by atoms with Crippen LogP contribution in [0, 0.1) is 0 Å². The lowest BCUT2D eigenvalue weighted by atomic mass is 10.1. The van der Waals surface area contributed by atoms with Crippen LogP contribution < -0.4 is 11.1 Å². The van der Waals surface area contributed by atoms with Crippen molar-refractivity contribution in [2.75, 3.05) is 17.7 Å². The van der Waals surface area contributed by atoms with E-state index in [-0.39, 0.29) is 11.3 Å². The number of hydrogen-bond donors (Lipinski definition) is 2. The van der Waals surface area contributed by atoms with Gasteiger partial charge < -0.3 is 15.8 Å². The number of carbonyl (C=O) groups is 3. The number of carbonyl (C=O) groups excluding carboxylic acids is 3. The van der Waals surface area contributed by atoms with Crippen molar-refractivity contribution >= 4 is 29.0 Å². The minimum absolute atomic E-state index is 0.185. The molecule has 27 heavy (non-hydrogen) atoms. The summed E-state index contributed by atoms with van der Waals surface area (Å²) >= 11 is 0. The van der Waals surface area contributed by atoms with Gasteiger partial charge in [0.15, 0.2) is 12.4 Å². The summed E-state index contributed by atoms with van der Waals surface area (Å²) in [6.07, 6.45) is -4.59. The predicted octanol–water partition coefficient (Wildman–Crippen LogP) is 3.29. The first kappa shape index (κ1) is 20.0. The Hall–Kier alpha value is -3.36. The van der Waals surface area contributed by atoms with Crippen LogP contribution in [0.4, 0.5) is 24.5 Å². The number of nitrogens with two attached hydrogens (primary N) is 1. The van der Waals surface area contributed by atoms with E-state index in [1.54, 1.807) is 18.2 Å². The fraction of sp³-hybridized carbons (Fsp3) is 0.167. The van der Waals surface area contributed by atoms with Gasteiger partial charge in [-0.05, 0) is 37.3 Å². The highest BCUT2D eigenvalue weighted by Gasteiger charge is 2.31. The maximum absolute atomic E-state index is 12.6. The number of benzene rings is 2. The molecule has 0 bridgehead atoms. The van der Waals surface area contributed by atoms with Crippen molar-refractivity contribution in [1.29, 1.82) is 0 Å². The number of amides is 1. The Bertz CT molecular complexity index is 894. The number of ether oxygens (including phenoxy) is 1. The zero-order chi connectivity index (χ0) is 20.2. The van der Waals surface area contributed by atoms with Gasteiger partial charge in [0.25, 0.3) is 5.91 Å². The van der Waals surface area contributed by atoms with Crippen LogP contribution in [0.25, 0.3) is 0 Å². The average molecular weight is 380 g/mol. The summed E-state index contributed by atoms with van der Waals surface area (Å²) in [6, 6.07) is 8.33. The fourth-order valence-corrected chi connectivity index (χ4v) is 2.15. The topological polar surface area (TPSA) is 98.5 Å². The van der Waals surface area contributed by atoms with Crippen LogP contribution in [0.2, 0.25) is 0 Å². The zero-order valence-electron chi connectivity index (χ0n) is 14.1. The molecule has 0 saturated heterocycles. The third-order valence-corrected chi connectivity index (χ3v) is 3.49. The van der Waals surface area contributed by atoms with Gasteiger partial charge in [-0.2, -0.15) is 13.2 Å². The Morgan fingerprint density at radius 1 is 1.11 bits per heavy atom. The molecule has 0 aliphatic heterocycles. The van der Waals surface area contributed by atoms with Gasteiger partial charge >= 0.3 is 12.1 Å². The van der Waals surface area contributed by atoms with E-state index in [0.717, 1.165) is 6.07 Å². The Morgan fingerprint density at radius 3 is 2.41 bits per heavy atom. The van der Waals surface area contributed by atoms with Gasteiger partial charge in [0, 0.05) is 16.9 Å². The third kappa shape index (κ3) is 5.30. The van der Waals surface area contributed by atoms with Gasteiger partial charge in [-0.3, -0.25) is 9.59 Å². The third-order valence-electron chi connectivity index (χ3n) is 3.49. The van der Waals surface area contributed by atoms with Crippen LogP contribution in [0.3, 0.4) is 0 Å². The first-order valence-electron chi connectivity index (χ1n) is 7.62. The summed E-state index contributed by atoms with van der Waals surface area (Å²) in [5, 5.41) is 2.44. The van der Waals surface area contributed by atoms with E-state index in [9.17, 15) is 27.6 Å². The predicted molar refractivity (Wildman–Crippen MR) is 91.2 cm³/mol. The van der Waals surface area contributed by atoms with Crippen LogP contribution >= 0.6 is 0 Å². The summed E-state index contributed by atoms with van der Waals surface area (Å²) < 4.78 is 42.5. The Morgan fingerprint density at radius 2 is 1.81 bits per heavy atom. The van der Waals surface area contributed by atoms with Gasteiger partial charge in [-0.15, -0.1) is 0 Å². The fourth-order valence-electron chi connectivity index (χ4n) is 2.15. The van der Waals surface area contributed by atoms with E-state index in [4.69, 9.17) is 10.5 Å². The van der Waals surface area contributed by atoms with E-state index >= 15 is 0 Å². The van der Waals surface area contributed by atoms with Gasteiger partial charge in [0.1, 0.15) is 0 Å². The van der Waals surface area contributed by atoms with Crippen LogP contribution in [0.1, 0.15) is 33.2 Å². The summed E-state index contributed by atoms with van der Waals surface area (Å²) in [5.74, 6) is -1.90. The smallest absolute Gasteiger partial charge is 0.416 e. The van der Waals surface area contributed by atoms with Crippen molar-refractivity contribution in [1.82, 2.24) is 0 Å². The Balaban J connectivity index is 1.98. The second kappa shape index (κ2) is 7.90. The highest BCUT2D eigenvalue weighted by atomic mass is 19.4. The SMILES string of the molecule is CC(=O)c1cccc(NC(=O)COC(=O)c2ccc(C(F)(F)F)cc2N)c1. The maximum Gasteiger partial charge on any atom is 0.416 e. The number of rotatable bonds is 5. The Kier molecular flexibility index (Phi) is 5.84. The van der Waals surface area contributed by atoms with Crippen molar-refractivity contribution in [3.05, 3.63) is 59.2 Å². The first-order chi connectivity index (χ1) is 12.6. The molecular formula is C18H15F3N2O4. The highest BCUT2D eigenvalue weighted by molar-refractivity contribution is 5.99. The summed E-state index contributed by atoms with van der Waals surface area (Å²) in [5.41, 5.74) is 4.49. The quantitative estimate of drug-likeness (QED) is 0.471. The van der Waals surface area contributed by atoms with E-state index in [0.29, 0.717) is 23.4 Å². The number of ketones is 1. The second-order valence-corrected chi connectivity index (χ2v) is 5.56. The van der Waals surface area contributed by atoms with E-state index < -0.39 is 35.9 Å². The van der Waals surface area contributed by atoms with Gasteiger partial charge in [0.05, 0.1) is 11.1 Å². The molecule has 2 aromatic carbocycles. The molecule has 3 N–H and O–H groups in total. The summed E-state index contributed by atoms with van der Waals surface area (Å²) in [6.45, 7) is 0.695. The summed E-state index contributed by atoms with van der Waals surface area (Å²) in [4.78, 5) is 35.1. The van der Waals surface area contributed by atoms with Crippen LogP contribution in [-0.4, -0.2) is 24.3 Å². The molecule has 0 heterocycles. The zero-order valence-corrected chi connectivity index (χ0v) is 14.1. The number of halogens is 3. The number of hydrogen-bond acceptors (Lipinski definition) is 5. The lowest BCUT2D eigenvalue weighted by molar-refractivity contribution is -0.137. The minimum atomic E-state index is -4.59. The highest BCUT2D eigenvalue weighted by Crippen LogP contribution is 2.31. The van der Waals surface area contributed by atoms with Gasteiger partial charge in [0.2, 0.25) is 0 Å². The molecule has 1 amide bonds. The molecule has 0 radical (unpaired) electrons. The van der Waals surface area contributed by atoms with Crippen molar-refractivity contribution in [3.63, 3.8) is 0 Å². The maximum atomic E-state index is 12.6. The molecule has 6 nitrogen and oxygen atoms in total. The van der Waals surface area contributed by atoms with Crippen LogP contribution in [0.15, 0.2) is 42.5 Å². The molecule has 2 aromatic rings. The van der Waals surface area contributed by atoms with E-state index in [1.165, 1.54) is 13.0 Å². The van der Waals surface area contributed by atoms with Crippen molar-refractivity contribution in [2.24, 2.45) is 0 Å². The van der Waals surface area contributed by atoms with E-state index in [1.807, 2.05) is 0 Å². The number of anilines is 2. The number of alkyl halides is 3. The lowest BCUT2D eigenvalue weighted by Crippen LogP contribution is -2.21. The molecular weight excluding hydrogens is 365 g/mol. The largest absolute Gasteiger partial charge is 0.452 e. The normalized spacial score (nSPS) is 11.0. The van der Waals surface area contributed by atoms with Crippen LogP contribution in [0.5, 0.6) is 0 Å².